The maximum atomic E-state index is 12.0. The molecule has 1 aliphatic rings. The van der Waals surface area contributed by atoms with E-state index in [9.17, 15) is 14.7 Å². The van der Waals surface area contributed by atoms with Crippen molar-refractivity contribution in [2.45, 2.75) is 52.1 Å². The van der Waals surface area contributed by atoms with Gasteiger partial charge in [-0.3, -0.25) is 9.59 Å². The molecule has 0 aromatic carbocycles. The van der Waals surface area contributed by atoms with Crippen molar-refractivity contribution in [2.75, 3.05) is 6.54 Å². The quantitative estimate of drug-likeness (QED) is 0.689. The zero-order valence-electron chi connectivity index (χ0n) is 11.3. The minimum absolute atomic E-state index is 0.0112. The molecule has 0 aromatic rings. The van der Waals surface area contributed by atoms with Gasteiger partial charge in [0.2, 0.25) is 5.91 Å². The fourth-order valence-electron chi connectivity index (χ4n) is 2.60. The Morgan fingerprint density at radius 3 is 2.50 bits per heavy atom. The highest BCUT2D eigenvalue weighted by Gasteiger charge is 2.39. The molecular formula is C13H23NO4. The maximum absolute atomic E-state index is 12.0. The van der Waals surface area contributed by atoms with Gasteiger partial charge in [-0.2, -0.15) is 0 Å². The summed E-state index contributed by atoms with van der Waals surface area (Å²) in [4.78, 5) is 22.6. The Labute approximate surface area is 108 Å². The number of amides is 1. The van der Waals surface area contributed by atoms with Gasteiger partial charge in [-0.1, -0.05) is 20.3 Å². The summed E-state index contributed by atoms with van der Waals surface area (Å²) < 4.78 is 0. The normalized spacial score (nSPS) is 25.4. The summed E-state index contributed by atoms with van der Waals surface area (Å²) in [5.41, 5.74) is -1.41. The molecule has 0 radical (unpaired) electrons. The molecule has 0 heterocycles. The molecule has 104 valence electrons. The van der Waals surface area contributed by atoms with E-state index in [2.05, 4.69) is 19.2 Å². The van der Waals surface area contributed by atoms with Gasteiger partial charge in [-0.15, -0.1) is 0 Å². The van der Waals surface area contributed by atoms with E-state index in [1.807, 2.05) is 0 Å². The summed E-state index contributed by atoms with van der Waals surface area (Å²) in [6.45, 7) is 5.53. The fraction of sp³-hybridized carbons (Fsp3) is 0.846. The van der Waals surface area contributed by atoms with E-state index in [0.717, 1.165) is 19.3 Å². The second kappa shape index (κ2) is 5.26. The van der Waals surface area contributed by atoms with Gasteiger partial charge in [0.05, 0.1) is 12.0 Å². The molecular weight excluding hydrogens is 234 g/mol. The van der Waals surface area contributed by atoms with Crippen molar-refractivity contribution >= 4 is 11.9 Å². The molecule has 5 heteroatoms. The van der Waals surface area contributed by atoms with Crippen LogP contribution < -0.4 is 5.32 Å². The highest BCUT2D eigenvalue weighted by Crippen LogP contribution is 2.42. The molecule has 0 bridgehead atoms. The minimum atomic E-state index is -1.40. The van der Waals surface area contributed by atoms with Crippen molar-refractivity contribution < 1.29 is 19.8 Å². The van der Waals surface area contributed by atoms with Gasteiger partial charge in [0.25, 0.3) is 0 Å². The Morgan fingerprint density at radius 1 is 1.44 bits per heavy atom. The lowest BCUT2D eigenvalue weighted by atomic mass is 9.81. The zero-order chi connectivity index (χ0) is 14.0. The first-order valence-corrected chi connectivity index (χ1v) is 6.36. The SMILES string of the molecule is CC(O)(CNC(=O)C1CCCC1(C)C)CC(=O)O. The van der Waals surface area contributed by atoms with Gasteiger partial charge in [-0.25, -0.2) is 0 Å². The standard InChI is InChI=1S/C13H23NO4/c1-12(2)6-4-5-9(12)11(17)14-8-13(3,18)7-10(15)16/h9,18H,4-8H2,1-3H3,(H,14,17)(H,15,16). The molecule has 2 unspecified atom stereocenters. The second-order valence-corrected chi connectivity index (χ2v) is 6.22. The van der Waals surface area contributed by atoms with Crippen LogP contribution >= 0.6 is 0 Å². The van der Waals surface area contributed by atoms with Crippen LogP contribution in [0.5, 0.6) is 0 Å². The van der Waals surface area contributed by atoms with Gasteiger partial charge in [0.1, 0.15) is 0 Å². The minimum Gasteiger partial charge on any atom is -0.481 e. The van der Waals surface area contributed by atoms with E-state index in [4.69, 9.17) is 5.11 Å². The van der Waals surface area contributed by atoms with Crippen molar-refractivity contribution in [1.29, 1.82) is 0 Å². The van der Waals surface area contributed by atoms with Crippen molar-refractivity contribution in [3.8, 4) is 0 Å². The number of aliphatic hydroxyl groups is 1. The Kier molecular flexibility index (Phi) is 4.37. The Morgan fingerprint density at radius 2 is 2.06 bits per heavy atom. The molecule has 5 nitrogen and oxygen atoms in total. The molecule has 0 saturated heterocycles. The van der Waals surface area contributed by atoms with Crippen LogP contribution in [-0.2, 0) is 9.59 Å². The Bertz CT molecular complexity index is 336. The molecule has 2 atom stereocenters. The molecule has 1 aliphatic carbocycles. The summed E-state index contributed by atoms with van der Waals surface area (Å²) in [5, 5.41) is 21.1. The number of carboxylic acid groups (broad SMARTS) is 1. The highest BCUT2D eigenvalue weighted by molar-refractivity contribution is 5.80. The van der Waals surface area contributed by atoms with Crippen molar-refractivity contribution in [3.63, 3.8) is 0 Å². The number of hydrogen-bond donors (Lipinski definition) is 3. The number of hydrogen-bond acceptors (Lipinski definition) is 3. The second-order valence-electron chi connectivity index (χ2n) is 6.22. The smallest absolute Gasteiger partial charge is 0.306 e. The van der Waals surface area contributed by atoms with Crippen LogP contribution in [0, 0.1) is 11.3 Å². The van der Waals surface area contributed by atoms with Crippen molar-refractivity contribution in [1.82, 2.24) is 5.32 Å². The summed E-state index contributed by atoms with van der Waals surface area (Å²) in [7, 11) is 0. The van der Waals surface area contributed by atoms with Crippen LogP contribution in [0.4, 0.5) is 0 Å². The van der Waals surface area contributed by atoms with E-state index < -0.39 is 11.6 Å². The summed E-state index contributed by atoms with van der Waals surface area (Å²) in [6.07, 6.45) is 2.55. The Balaban J connectivity index is 2.49. The van der Waals surface area contributed by atoms with Crippen LogP contribution in [0.15, 0.2) is 0 Å². The van der Waals surface area contributed by atoms with E-state index in [-0.39, 0.29) is 30.2 Å². The molecule has 0 aromatic heterocycles. The number of rotatable bonds is 5. The predicted molar refractivity (Wildman–Crippen MR) is 67.0 cm³/mol. The number of carbonyl (C=O) groups is 2. The van der Waals surface area contributed by atoms with E-state index in [1.165, 1.54) is 6.92 Å². The third kappa shape index (κ3) is 3.98. The monoisotopic (exact) mass is 257 g/mol. The number of carbonyl (C=O) groups excluding carboxylic acids is 1. The van der Waals surface area contributed by atoms with Gasteiger partial charge < -0.3 is 15.5 Å². The average molecular weight is 257 g/mol. The lowest BCUT2D eigenvalue weighted by Gasteiger charge is -2.28. The molecule has 0 aliphatic heterocycles. The molecule has 3 N–H and O–H groups in total. The van der Waals surface area contributed by atoms with Gasteiger partial charge in [0, 0.05) is 12.5 Å². The largest absolute Gasteiger partial charge is 0.481 e. The van der Waals surface area contributed by atoms with E-state index >= 15 is 0 Å². The van der Waals surface area contributed by atoms with Crippen LogP contribution in [-0.4, -0.2) is 34.2 Å². The average Bonchev–Trinajstić information content (AvgIpc) is 2.53. The first-order chi connectivity index (χ1) is 8.14. The maximum Gasteiger partial charge on any atom is 0.306 e. The van der Waals surface area contributed by atoms with Crippen LogP contribution in [0.1, 0.15) is 46.5 Å². The first-order valence-electron chi connectivity index (χ1n) is 6.36. The fourth-order valence-corrected chi connectivity index (χ4v) is 2.60. The lowest BCUT2D eigenvalue weighted by Crippen LogP contribution is -2.45. The molecule has 1 amide bonds. The van der Waals surface area contributed by atoms with Crippen LogP contribution in [0.2, 0.25) is 0 Å². The zero-order valence-corrected chi connectivity index (χ0v) is 11.3. The lowest BCUT2D eigenvalue weighted by molar-refractivity contribution is -0.142. The topological polar surface area (TPSA) is 86.6 Å². The van der Waals surface area contributed by atoms with Crippen LogP contribution in [0.3, 0.4) is 0 Å². The third-order valence-corrected chi connectivity index (χ3v) is 3.75. The summed E-state index contributed by atoms with van der Waals surface area (Å²) >= 11 is 0. The molecule has 18 heavy (non-hydrogen) atoms. The number of nitrogens with one attached hydrogen (secondary N) is 1. The van der Waals surface area contributed by atoms with E-state index in [1.54, 1.807) is 0 Å². The molecule has 0 spiro atoms. The van der Waals surface area contributed by atoms with Gasteiger partial charge in [-0.05, 0) is 25.2 Å². The predicted octanol–water partition coefficient (Wildman–Crippen LogP) is 1.15. The summed E-state index contributed by atoms with van der Waals surface area (Å²) in [5.74, 6) is -1.20. The molecule has 1 rings (SSSR count). The molecule has 1 saturated carbocycles. The molecule has 1 fully saturated rings. The highest BCUT2D eigenvalue weighted by atomic mass is 16.4. The summed E-state index contributed by atoms with van der Waals surface area (Å²) in [6, 6.07) is 0. The first kappa shape index (κ1) is 15.0. The Hall–Kier alpha value is -1.10. The number of carboxylic acids is 1. The number of aliphatic carboxylic acids is 1. The van der Waals surface area contributed by atoms with Gasteiger partial charge >= 0.3 is 5.97 Å². The van der Waals surface area contributed by atoms with Gasteiger partial charge in [0.15, 0.2) is 0 Å². The van der Waals surface area contributed by atoms with Crippen molar-refractivity contribution in [3.05, 3.63) is 0 Å². The van der Waals surface area contributed by atoms with Crippen LogP contribution in [0.25, 0.3) is 0 Å². The third-order valence-electron chi connectivity index (χ3n) is 3.75. The van der Waals surface area contributed by atoms with E-state index in [0.29, 0.717) is 0 Å². The van der Waals surface area contributed by atoms with Crippen molar-refractivity contribution in [2.24, 2.45) is 11.3 Å².